The molecule has 0 atom stereocenters. The molecule has 0 aliphatic heterocycles. The molecule has 0 aromatic carbocycles. The normalized spacial score (nSPS) is 10.5. The van der Waals surface area contributed by atoms with Crippen LogP contribution in [0.5, 0.6) is 0 Å². The minimum absolute atomic E-state index is 0.0280. The van der Waals surface area contributed by atoms with Crippen LogP contribution in [0.4, 0.5) is 4.48 Å². The summed E-state index contributed by atoms with van der Waals surface area (Å²) < 4.78 is 13.2. The summed E-state index contributed by atoms with van der Waals surface area (Å²) in [7, 11) is 0. The predicted octanol–water partition coefficient (Wildman–Crippen LogP) is 0.827. The molecule has 0 amide bonds. The van der Waals surface area contributed by atoms with Crippen molar-refractivity contribution in [2.75, 3.05) is 0 Å². The van der Waals surface area contributed by atoms with E-state index in [0.29, 0.717) is 6.20 Å². The van der Waals surface area contributed by atoms with Crippen LogP contribution in [0, 0.1) is 0 Å². The molecule has 0 saturated carbocycles. The number of aromatic carboxylic acids is 1. The molecular formula is C9H5FN2O3. The zero-order valence-corrected chi connectivity index (χ0v) is 7.35. The summed E-state index contributed by atoms with van der Waals surface area (Å²) in [4.78, 5) is 25.8. The highest BCUT2D eigenvalue weighted by atomic mass is 19.2. The van der Waals surface area contributed by atoms with Gasteiger partial charge in [0.05, 0.1) is 11.6 Å². The molecule has 0 bridgehead atoms. The van der Waals surface area contributed by atoms with E-state index in [0.717, 1.165) is 0 Å². The molecule has 2 rings (SSSR count). The predicted molar refractivity (Wildman–Crippen MR) is 49.5 cm³/mol. The highest BCUT2D eigenvalue weighted by molar-refractivity contribution is 5.91. The van der Waals surface area contributed by atoms with Crippen molar-refractivity contribution in [1.82, 2.24) is 9.77 Å². The molecule has 0 saturated heterocycles. The molecule has 1 N–H and O–H groups in total. The van der Waals surface area contributed by atoms with Crippen molar-refractivity contribution in [2.45, 2.75) is 0 Å². The second-order valence-electron chi connectivity index (χ2n) is 2.86. The third kappa shape index (κ3) is 1.35. The molecule has 76 valence electrons. The van der Waals surface area contributed by atoms with Crippen LogP contribution in [-0.2, 0) is 0 Å². The number of fused-ring (bicyclic) bond motifs is 1. The average Bonchev–Trinajstić information content (AvgIpc) is 2.23. The molecule has 2 aromatic heterocycles. The average molecular weight is 208 g/mol. The first-order valence-corrected chi connectivity index (χ1v) is 4.01. The van der Waals surface area contributed by atoms with Crippen LogP contribution in [0.3, 0.4) is 0 Å². The Morgan fingerprint density at radius 3 is 2.93 bits per heavy atom. The van der Waals surface area contributed by atoms with Crippen molar-refractivity contribution in [3.63, 3.8) is 0 Å². The van der Waals surface area contributed by atoms with Crippen LogP contribution in [0.2, 0.25) is 0 Å². The van der Waals surface area contributed by atoms with Crippen molar-refractivity contribution < 1.29 is 14.4 Å². The summed E-state index contributed by atoms with van der Waals surface area (Å²) >= 11 is 0. The number of carbonyl (C=O) groups is 1. The first kappa shape index (κ1) is 9.32. The molecule has 0 fully saturated rings. The highest BCUT2D eigenvalue weighted by Crippen LogP contribution is 2.08. The fourth-order valence-corrected chi connectivity index (χ4v) is 1.27. The van der Waals surface area contributed by atoms with Crippen molar-refractivity contribution in [3.05, 3.63) is 40.3 Å². The largest absolute Gasteiger partial charge is 0.477 e. The SMILES string of the molecule is O=C(O)c1cn(F)c2ncccc2c1=O. The van der Waals surface area contributed by atoms with Crippen LogP contribution < -0.4 is 5.43 Å². The number of rotatable bonds is 1. The Balaban J connectivity index is 2.97. The lowest BCUT2D eigenvalue weighted by Gasteiger charge is -2.01. The van der Waals surface area contributed by atoms with Crippen molar-refractivity contribution in [1.29, 1.82) is 0 Å². The molecule has 0 unspecified atom stereocenters. The standard InChI is InChI=1S/C9H5FN2O3/c10-12-4-6(9(14)15)7(13)5-2-1-3-11-8(5)12/h1-4H,(H,14,15). The summed E-state index contributed by atoms with van der Waals surface area (Å²) in [5, 5.41) is 8.59. The van der Waals surface area contributed by atoms with Gasteiger partial charge in [0, 0.05) is 6.20 Å². The van der Waals surface area contributed by atoms with E-state index >= 15 is 0 Å². The molecule has 0 radical (unpaired) electrons. The van der Waals surface area contributed by atoms with Gasteiger partial charge in [-0.25, -0.2) is 9.78 Å². The summed E-state index contributed by atoms with van der Waals surface area (Å²) in [5.41, 5.74) is -1.54. The van der Waals surface area contributed by atoms with Crippen LogP contribution in [0.1, 0.15) is 10.4 Å². The Kier molecular flexibility index (Phi) is 1.96. The van der Waals surface area contributed by atoms with Crippen molar-refractivity contribution >= 4 is 17.0 Å². The second kappa shape index (κ2) is 3.16. The van der Waals surface area contributed by atoms with Gasteiger partial charge in [0.2, 0.25) is 5.43 Å². The lowest BCUT2D eigenvalue weighted by molar-refractivity contribution is 0.0693. The lowest BCUT2D eigenvalue weighted by atomic mass is 10.2. The van der Waals surface area contributed by atoms with Crippen LogP contribution >= 0.6 is 0 Å². The van der Waals surface area contributed by atoms with Gasteiger partial charge in [0.25, 0.3) is 0 Å². The maximum atomic E-state index is 13.2. The minimum atomic E-state index is -1.46. The quantitative estimate of drug-likeness (QED) is 0.753. The molecule has 15 heavy (non-hydrogen) atoms. The number of carboxylic acid groups (broad SMARTS) is 1. The summed E-state index contributed by atoms with van der Waals surface area (Å²) in [5.74, 6) is -1.46. The first-order chi connectivity index (χ1) is 7.11. The zero-order valence-electron chi connectivity index (χ0n) is 7.35. The van der Waals surface area contributed by atoms with E-state index in [2.05, 4.69) is 4.98 Å². The minimum Gasteiger partial charge on any atom is -0.477 e. The van der Waals surface area contributed by atoms with E-state index in [-0.39, 0.29) is 15.8 Å². The highest BCUT2D eigenvalue weighted by Gasteiger charge is 2.14. The monoisotopic (exact) mass is 208 g/mol. The number of carboxylic acids is 1. The summed E-state index contributed by atoms with van der Waals surface area (Å²) in [6.07, 6.45) is 1.93. The van der Waals surface area contributed by atoms with Gasteiger partial charge in [-0.3, -0.25) is 4.79 Å². The number of hydrogen-bond acceptors (Lipinski definition) is 3. The third-order valence-corrected chi connectivity index (χ3v) is 1.95. The molecule has 0 spiro atoms. The van der Waals surface area contributed by atoms with Crippen LogP contribution in [0.15, 0.2) is 29.3 Å². The molecular weight excluding hydrogens is 203 g/mol. The Hall–Kier alpha value is -2.24. The van der Waals surface area contributed by atoms with E-state index in [1.807, 2.05) is 0 Å². The van der Waals surface area contributed by atoms with Crippen molar-refractivity contribution in [3.8, 4) is 0 Å². The smallest absolute Gasteiger partial charge is 0.341 e. The maximum absolute atomic E-state index is 13.2. The van der Waals surface area contributed by atoms with E-state index in [9.17, 15) is 14.1 Å². The van der Waals surface area contributed by atoms with E-state index in [1.54, 1.807) is 0 Å². The van der Waals surface area contributed by atoms with Gasteiger partial charge in [-0.05, 0) is 12.1 Å². The Labute approximate surface area is 82.3 Å². The maximum Gasteiger partial charge on any atom is 0.341 e. The molecule has 2 heterocycles. The van der Waals surface area contributed by atoms with Gasteiger partial charge in [0.15, 0.2) is 5.65 Å². The molecule has 5 nitrogen and oxygen atoms in total. The number of hydrogen-bond donors (Lipinski definition) is 1. The first-order valence-electron chi connectivity index (χ1n) is 4.01. The zero-order chi connectivity index (χ0) is 11.0. The molecule has 0 aliphatic carbocycles. The van der Waals surface area contributed by atoms with Gasteiger partial charge in [0.1, 0.15) is 5.56 Å². The van der Waals surface area contributed by atoms with Crippen molar-refractivity contribution in [2.24, 2.45) is 0 Å². The van der Waals surface area contributed by atoms with Crippen LogP contribution in [-0.4, -0.2) is 20.8 Å². The fraction of sp³-hybridized carbons (Fsp3) is 0. The summed E-state index contributed by atoms with van der Waals surface area (Å²) in [6, 6.07) is 2.77. The van der Waals surface area contributed by atoms with Gasteiger partial charge >= 0.3 is 5.97 Å². The van der Waals surface area contributed by atoms with Gasteiger partial charge in [-0.15, -0.1) is 0 Å². The third-order valence-electron chi connectivity index (χ3n) is 1.95. The summed E-state index contributed by atoms with van der Waals surface area (Å²) in [6.45, 7) is 0. The van der Waals surface area contributed by atoms with E-state index in [4.69, 9.17) is 5.11 Å². The molecule has 2 aromatic rings. The number of nitrogens with zero attached hydrogens (tertiary/aromatic N) is 2. The Morgan fingerprint density at radius 2 is 2.27 bits per heavy atom. The van der Waals surface area contributed by atoms with E-state index in [1.165, 1.54) is 18.3 Å². The number of aromatic nitrogens is 2. The van der Waals surface area contributed by atoms with E-state index < -0.39 is 17.0 Å². The van der Waals surface area contributed by atoms with Gasteiger partial charge in [-0.1, -0.05) is 4.48 Å². The molecule has 0 aliphatic rings. The number of halogens is 1. The number of pyridine rings is 2. The topological polar surface area (TPSA) is 72.2 Å². The Morgan fingerprint density at radius 1 is 1.53 bits per heavy atom. The fourth-order valence-electron chi connectivity index (χ4n) is 1.27. The second-order valence-corrected chi connectivity index (χ2v) is 2.86. The molecule has 6 heteroatoms. The van der Waals surface area contributed by atoms with Gasteiger partial charge < -0.3 is 5.11 Å². The van der Waals surface area contributed by atoms with Crippen LogP contribution in [0.25, 0.3) is 11.0 Å². The van der Waals surface area contributed by atoms with Gasteiger partial charge in [-0.2, -0.15) is 4.79 Å². The Bertz CT molecular complexity index is 606. The lowest BCUT2D eigenvalue weighted by Crippen LogP contribution is -2.17.